The number of hydrogen-bond donors (Lipinski definition) is 1. The Bertz CT molecular complexity index is 564. The molecule has 1 aromatic heterocycles. The molecule has 3 nitrogen and oxygen atoms in total. The Morgan fingerprint density at radius 3 is 2.74 bits per heavy atom. The van der Waals surface area contributed by atoms with Crippen LogP contribution in [0.5, 0.6) is 5.75 Å². The number of nitrogens with one attached hydrogen (secondary N) is 1. The Hall–Kier alpha value is -1.61. The Labute approximate surface area is 115 Å². The number of aromatic nitrogens is 1. The van der Waals surface area contributed by atoms with E-state index in [0.29, 0.717) is 5.92 Å². The van der Waals surface area contributed by atoms with E-state index in [1.165, 1.54) is 5.56 Å². The number of rotatable bonds is 5. The van der Waals surface area contributed by atoms with Gasteiger partial charge in [0, 0.05) is 11.9 Å². The quantitative estimate of drug-likeness (QED) is 0.893. The molecule has 0 aliphatic heterocycles. The van der Waals surface area contributed by atoms with E-state index in [4.69, 9.17) is 4.74 Å². The third kappa shape index (κ3) is 3.44. The lowest BCUT2D eigenvalue weighted by Crippen LogP contribution is -2.08. The molecule has 1 N–H and O–H groups in total. The summed E-state index contributed by atoms with van der Waals surface area (Å²) in [5, 5.41) is 4.28. The molecule has 0 radical (unpaired) electrons. The van der Waals surface area contributed by atoms with E-state index < -0.39 is 0 Å². The minimum atomic E-state index is 0.536. The van der Waals surface area contributed by atoms with Crippen molar-refractivity contribution >= 4 is 10.9 Å². The zero-order chi connectivity index (χ0) is 13.8. The predicted octanol–water partition coefficient (Wildman–Crippen LogP) is 3.30. The first-order valence-electron chi connectivity index (χ1n) is 6.78. The lowest BCUT2D eigenvalue weighted by molar-refractivity contribution is 0.271. The Kier molecular flexibility index (Phi) is 4.38. The van der Waals surface area contributed by atoms with Crippen molar-refractivity contribution in [1.82, 2.24) is 10.3 Å². The molecular weight excluding hydrogens is 236 g/mol. The maximum Gasteiger partial charge on any atom is 0.120 e. The van der Waals surface area contributed by atoms with Gasteiger partial charge in [0.15, 0.2) is 0 Å². The highest BCUT2D eigenvalue weighted by molar-refractivity contribution is 5.81. The fourth-order valence-electron chi connectivity index (χ4n) is 2.00. The predicted molar refractivity (Wildman–Crippen MR) is 79.6 cm³/mol. The van der Waals surface area contributed by atoms with Crippen LogP contribution in [0.15, 0.2) is 24.3 Å². The molecule has 1 heterocycles. The van der Waals surface area contributed by atoms with E-state index in [2.05, 4.69) is 43.2 Å². The van der Waals surface area contributed by atoms with Crippen LogP contribution in [0.25, 0.3) is 10.9 Å². The fraction of sp³-hybridized carbons (Fsp3) is 0.438. The summed E-state index contributed by atoms with van der Waals surface area (Å²) in [5.41, 5.74) is 3.33. The van der Waals surface area contributed by atoms with E-state index in [1.807, 2.05) is 19.2 Å². The van der Waals surface area contributed by atoms with Gasteiger partial charge in [0.1, 0.15) is 5.75 Å². The van der Waals surface area contributed by atoms with Crippen LogP contribution >= 0.6 is 0 Å². The zero-order valence-electron chi connectivity index (χ0n) is 12.2. The second kappa shape index (κ2) is 6.02. The Balaban J connectivity index is 2.30. The van der Waals surface area contributed by atoms with Gasteiger partial charge in [0.2, 0.25) is 0 Å². The van der Waals surface area contributed by atoms with Crippen molar-refractivity contribution in [3.8, 4) is 5.75 Å². The van der Waals surface area contributed by atoms with Gasteiger partial charge in [-0.25, -0.2) is 0 Å². The van der Waals surface area contributed by atoms with Gasteiger partial charge >= 0.3 is 0 Å². The third-order valence-corrected chi connectivity index (χ3v) is 3.01. The number of nitrogens with zero attached hydrogens (tertiary/aromatic N) is 1. The number of hydrogen-bond acceptors (Lipinski definition) is 3. The van der Waals surface area contributed by atoms with Crippen molar-refractivity contribution in [1.29, 1.82) is 0 Å². The number of aryl methyl sites for hydroxylation is 1. The molecular formula is C16H22N2O. The SMILES string of the molecule is CNCc1nc2ccc(OCC(C)C)cc2cc1C. The molecule has 0 aliphatic carbocycles. The van der Waals surface area contributed by atoms with Gasteiger partial charge in [-0.05, 0) is 49.7 Å². The number of fused-ring (bicyclic) bond motifs is 1. The minimum absolute atomic E-state index is 0.536. The van der Waals surface area contributed by atoms with Gasteiger partial charge in [0.25, 0.3) is 0 Å². The topological polar surface area (TPSA) is 34.2 Å². The standard InChI is InChI=1S/C16H22N2O/c1-11(2)10-19-14-5-6-15-13(8-14)7-12(3)16(18-15)9-17-4/h5-8,11,17H,9-10H2,1-4H3. The van der Waals surface area contributed by atoms with Crippen LogP contribution in [-0.4, -0.2) is 18.6 Å². The van der Waals surface area contributed by atoms with Crippen molar-refractivity contribution in [2.45, 2.75) is 27.3 Å². The van der Waals surface area contributed by atoms with Gasteiger partial charge in [-0.1, -0.05) is 13.8 Å². The van der Waals surface area contributed by atoms with Crippen LogP contribution in [0.3, 0.4) is 0 Å². The summed E-state index contributed by atoms with van der Waals surface area (Å²) >= 11 is 0. The van der Waals surface area contributed by atoms with Gasteiger partial charge in [0.05, 0.1) is 17.8 Å². The fourth-order valence-corrected chi connectivity index (χ4v) is 2.00. The summed E-state index contributed by atoms with van der Waals surface area (Å²) in [6, 6.07) is 8.28. The van der Waals surface area contributed by atoms with Gasteiger partial charge in [-0.15, -0.1) is 0 Å². The maximum absolute atomic E-state index is 5.75. The number of ether oxygens (including phenoxy) is 1. The van der Waals surface area contributed by atoms with Crippen molar-refractivity contribution in [2.24, 2.45) is 5.92 Å². The van der Waals surface area contributed by atoms with E-state index in [-0.39, 0.29) is 0 Å². The Morgan fingerprint density at radius 2 is 2.05 bits per heavy atom. The number of pyridine rings is 1. The largest absolute Gasteiger partial charge is 0.493 e. The summed E-state index contributed by atoms with van der Waals surface area (Å²) < 4.78 is 5.75. The lowest BCUT2D eigenvalue weighted by atomic mass is 10.1. The normalized spacial score (nSPS) is 11.2. The first-order valence-corrected chi connectivity index (χ1v) is 6.78. The molecule has 0 bridgehead atoms. The molecule has 1 aromatic carbocycles. The highest BCUT2D eigenvalue weighted by Gasteiger charge is 2.05. The van der Waals surface area contributed by atoms with Crippen LogP contribution in [0.2, 0.25) is 0 Å². The van der Waals surface area contributed by atoms with Crippen LogP contribution in [0, 0.1) is 12.8 Å². The first kappa shape index (κ1) is 13.8. The Morgan fingerprint density at radius 1 is 1.26 bits per heavy atom. The average Bonchev–Trinajstić information content (AvgIpc) is 2.37. The van der Waals surface area contributed by atoms with Crippen molar-refractivity contribution in [3.05, 3.63) is 35.5 Å². The van der Waals surface area contributed by atoms with Crippen molar-refractivity contribution in [3.63, 3.8) is 0 Å². The molecule has 0 saturated heterocycles. The molecule has 19 heavy (non-hydrogen) atoms. The molecule has 2 rings (SSSR count). The second-order valence-electron chi connectivity index (χ2n) is 5.34. The maximum atomic E-state index is 5.75. The van der Waals surface area contributed by atoms with E-state index in [0.717, 1.165) is 35.5 Å². The van der Waals surface area contributed by atoms with Crippen LogP contribution in [0.4, 0.5) is 0 Å². The van der Waals surface area contributed by atoms with Crippen molar-refractivity contribution in [2.75, 3.05) is 13.7 Å². The second-order valence-corrected chi connectivity index (χ2v) is 5.34. The van der Waals surface area contributed by atoms with E-state index >= 15 is 0 Å². The van der Waals surface area contributed by atoms with Gasteiger partial charge in [-0.3, -0.25) is 4.98 Å². The molecule has 3 heteroatoms. The monoisotopic (exact) mass is 258 g/mol. The summed E-state index contributed by atoms with van der Waals surface area (Å²) in [4.78, 5) is 4.68. The van der Waals surface area contributed by atoms with Crippen LogP contribution < -0.4 is 10.1 Å². The van der Waals surface area contributed by atoms with Crippen molar-refractivity contribution < 1.29 is 4.74 Å². The summed E-state index contributed by atoms with van der Waals surface area (Å²) in [6.45, 7) is 7.94. The highest BCUT2D eigenvalue weighted by Crippen LogP contribution is 2.22. The summed E-state index contributed by atoms with van der Waals surface area (Å²) in [6.07, 6.45) is 0. The minimum Gasteiger partial charge on any atom is -0.493 e. The molecule has 0 saturated carbocycles. The third-order valence-electron chi connectivity index (χ3n) is 3.01. The lowest BCUT2D eigenvalue weighted by Gasteiger charge is -2.11. The van der Waals surface area contributed by atoms with Crippen LogP contribution in [0.1, 0.15) is 25.1 Å². The summed E-state index contributed by atoms with van der Waals surface area (Å²) in [7, 11) is 1.94. The molecule has 0 spiro atoms. The zero-order valence-corrected chi connectivity index (χ0v) is 12.2. The molecule has 0 atom stereocenters. The molecule has 0 aliphatic rings. The van der Waals surface area contributed by atoms with E-state index in [9.17, 15) is 0 Å². The smallest absolute Gasteiger partial charge is 0.120 e. The molecule has 0 fully saturated rings. The van der Waals surface area contributed by atoms with Crippen LogP contribution in [-0.2, 0) is 6.54 Å². The van der Waals surface area contributed by atoms with Gasteiger partial charge < -0.3 is 10.1 Å². The van der Waals surface area contributed by atoms with Gasteiger partial charge in [-0.2, -0.15) is 0 Å². The first-order chi connectivity index (χ1) is 9.10. The molecule has 102 valence electrons. The molecule has 0 unspecified atom stereocenters. The molecule has 0 amide bonds. The van der Waals surface area contributed by atoms with E-state index in [1.54, 1.807) is 0 Å². The average molecular weight is 258 g/mol. The highest BCUT2D eigenvalue weighted by atomic mass is 16.5. The summed E-state index contributed by atoms with van der Waals surface area (Å²) in [5.74, 6) is 1.46. The molecule has 2 aromatic rings. The number of benzene rings is 1.